The lowest BCUT2D eigenvalue weighted by molar-refractivity contribution is 0.427. The van der Waals surface area contributed by atoms with Crippen molar-refractivity contribution < 1.29 is 8.78 Å². The fourth-order valence-corrected chi connectivity index (χ4v) is 4.26. The summed E-state index contributed by atoms with van der Waals surface area (Å²) >= 11 is 7.24. The first-order chi connectivity index (χ1) is 12.3. The number of hydrogen-bond donors (Lipinski definition) is 1. The number of halogens is 3. The minimum absolute atomic E-state index is 0.163. The number of amidine groups is 1. The van der Waals surface area contributed by atoms with E-state index in [9.17, 15) is 8.78 Å². The summed E-state index contributed by atoms with van der Waals surface area (Å²) in [7, 11) is 0. The van der Waals surface area contributed by atoms with E-state index in [4.69, 9.17) is 17.3 Å². The van der Waals surface area contributed by atoms with E-state index in [1.54, 1.807) is 12.1 Å². The van der Waals surface area contributed by atoms with Crippen molar-refractivity contribution in [2.24, 2.45) is 10.7 Å². The number of nitrogens with two attached hydrogens (primary N) is 1. The van der Waals surface area contributed by atoms with Gasteiger partial charge in [-0.05, 0) is 49.2 Å². The van der Waals surface area contributed by atoms with Crippen LogP contribution in [0.2, 0.25) is 5.02 Å². The molecule has 0 aliphatic carbocycles. The van der Waals surface area contributed by atoms with Gasteiger partial charge in [0.05, 0.1) is 16.3 Å². The van der Waals surface area contributed by atoms with Crippen LogP contribution in [0.4, 0.5) is 8.78 Å². The Morgan fingerprint density at radius 3 is 2.81 bits per heavy atom. The van der Waals surface area contributed by atoms with Crippen LogP contribution in [0.25, 0.3) is 11.9 Å². The third-order valence-corrected chi connectivity index (χ3v) is 5.33. The average molecular weight is 394 g/mol. The van der Waals surface area contributed by atoms with Gasteiger partial charge in [0.2, 0.25) is 0 Å². The Bertz CT molecular complexity index is 883. The highest BCUT2D eigenvalue weighted by atomic mass is 35.5. The molecular weight excluding hydrogens is 376 g/mol. The van der Waals surface area contributed by atoms with Crippen molar-refractivity contribution in [1.82, 2.24) is 4.98 Å². The molecule has 0 saturated carbocycles. The summed E-state index contributed by atoms with van der Waals surface area (Å²) in [6, 6.07) is 7.52. The molecule has 1 aliphatic heterocycles. The van der Waals surface area contributed by atoms with E-state index in [2.05, 4.69) is 9.98 Å². The van der Waals surface area contributed by atoms with Gasteiger partial charge in [-0.1, -0.05) is 36.4 Å². The van der Waals surface area contributed by atoms with Gasteiger partial charge in [0.15, 0.2) is 5.17 Å². The van der Waals surface area contributed by atoms with Gasteiger partial charge in [-0.25, -0.2) is 8.78 Å². The zero-order valence-electron chi connectivity index (χ0n) is 14.3. The van der Waals surface area contributed by atoms with Gasteiger partial charge in [-0.3, -0.25) is 9.98 Å². The van der Waals surface area contributed by atoms with E-state index in [0.29, 0.717) is 27.7 Å². The van der Waals surface area contributed by atoms with Crippen molar-refractivity contribution >= 4 is 40.4 Å². The Labute approximate surface area is 160 Å². The van der Waals surface area contributed by atoms with Crippen molar-refractivity contribution in [3.63, 3.8) is 0 Å². The van der Waals surface area contributed by atoms with E-state index in [1.165, 1.54) is 42.2 Å². The molecule has 3 rings (SSSR count). The molecule has 2 heterocycles. The molecule has 7 heteroatoms. The minimum Gasteiger partial charge on any atom is -0.379 e. The second-order valence-electron chi connectivity index (χ2n) is 6.45. The zero-order valence-corrected chi connectivity index (χ0v) is 15.9. The first kappa shape index (κ1) is 18.9. The fourth-order valence-electron chi connectivity index (χ4n) is 3.08. The summed E-state index contributed by atoms with van der Waals surface area (Å²) in [5, 5.41) is 1.08. The van der Waals surface area contributed by atoms with E-state index >= 15 is 0 Å². The van der Waals surface area contributed by atoms with Crippen LogP contribution >= 0.6 is 23.4 Å². The molecule has 3 nitrogen and oxygen atoms in total. The van der Waals surface area contributed by atoms with E-state index in [-0.39, 0.29) is 16.8 Å². The summed E-state index contributed by atoms with van der Waals surface area (Å²) in [5.41, 5.74) is 6.20. The molecule has 0 unspecified atom stereocenters. The SMILES string of the molecule is C[C@@H]1C[C@@](C)(c2cc(/C=C(\F)c3ccc(Cl)cn3)ccc2F)N=C(N)S1. The number of rotatable bonds is 3. The molecule has 2 atom stereocenters. The molecule has 26 heavy (non-hydrogen) atoms. The molecule has 1 aliphatic rings. The van der Waals surface area contributed by atoms with Gasteiger partial charge in [0.1, 0.15) is 11.6 Å². The molecule has 0 fully saturated rings. The lowest BCUT2D eigenvalue weighted by Gasteiger charge is -2.33. The van der Waals surface area contributed by atoms with Crippen LogP contribution in [0.15, 0.2) is 41.5 Å². The number of pyridine rings is 1. The van der Waals surface area contributed by atoms with Crippen molar-refractivity contribution in [2.45, 2.75) is 31.1 Å². The van der Waals surface area contributed by atoms with Crippen LogP contribution in [0.3, 0.4) is 0 Å². The summed E-state index contributed by atoms with van der Waals surface area (Å²) in [6.07, 6.45) is 3.33. The third kappa shape index (κ3) is 4.07. The first-order valence-corrected chi connectivity index (χ1v) is 9.34. The van der Waals surface area contributed by atoms with E-state index in [1.807, 2.05) is 13.8 Å². The van der Waals surface area contributed by atoms with Crippen molar-refractivity contribution in [3.8, 4) is 0 Å². The van der Waals surface area contributed by atoms with Gasteiger partial charge < -0.3 is 5.73 Å². The first-order valence-electron chi connectivity index (χ1n) is 8.08. The van der Waals surface area contributed by atoms with Crippen LogP contribution in [0.5, 0.6) is 0 Å². The molecule has 136 valence electrons. The Hall–Kier alpha value is -1.92. The van der Waals surface area contributed by atoms with Crippen LogP contribution in [0, 0.1) is 5.82 Å². The molecular formula is C19H18ClF2N3S. The Morgan fingerprint density at radius 1 is 1.38 bits per heavy atom. The zero-order chi connectivity index (χ0) is 18.9. The molecule has 0 radical (unpaired) electrons. The Morgan fingerprint density at radius 2 is 2.15 bits per heavy atom. The fraction of sp³-hybridized carbons (Fsp3) is 0.263. The lowest BCUT2D eigenvalue weighted by Crippen LogP contribution is -2.33. The molecule has 2 N–H and O–H groups in total. The van der Waals surface area contributed by atoms with Gasteiger partial charge in [0.25, 0.3) is 0 Å². The second-order valence-corrected chi connectivity index (χ2v) is 8.34. The summed E-state index contributed by atoms with van der Waals surface area (Å²) in [5.74, 6) is -0.912. The molecule has 1 aromatic heterocycles. The quantitative estimate of drug-likeness (QED) is 0.759. The van der Waals surface area contributed by atoms with Crippen LogP contribution in [-0.2, 0) is 5.54 Å². The minimum atomic E-state index is -0.780. The molecule has 0 amide bonds. The smallest absolute Gasteiger partial charge is 0.155 e. The normalized spacial score (nSPS) is 23.7. The largest absolute Gasteiger partial charge is 0.379 e. The molecule has 2 aromatic rings. The van der Waals surface area contributed by atoms with Crippen molar-refractivity contribution in [1.29, 1.82) is 0 Å². The highest BCUT2D eigenvalue weighted by molar-refractivity contribution is 8.14. The highest BCUT2D eigenvalue weighted by Crippen LogP contribution is 2.40. The number of thioether (sulfide) groups is 1. The number of hydrogen-bond acceptors (Lipinski definition) is 4. The van der Waals surface area contributed by atoms with Crippen LogP contribution in [0.1, 0.15) is 37.1 Å². The summed E-state index contributed by atoms with van der Waals surface area (Å²) in [6.45, 7) is 3.87. The predicted octanol–water partition coefficient (Wildman–Crippen LogP) is 5.40. The highest BCUT2D eigenvalue weighted by Gasteiger charge is 2.35. The van der Waals surface area contributed by atoms with E-state index < -0.39 is 11.4 Å². The maximum atomic E-state index is 14.5. The van der Waals surface area contributed by atoms with Crippen LogP contribution < -0.4 is 5.73 Å². The topological polar surface area (TPSA) is 51.3 Å². The summed E-state index contributed by atoms with van der Waals surface area (Å²) in [4.78, 5) is 8.41. The second kappa shape index (κ2) is 7.37. The van der Waals surface area contributed by atoms with Gasteiger partial charge >= 0.3 is 0 Å². The molecule has 0 bridgehead atoms. The maximum absolute atomic E-state index is 14.5. The Balaban J connectivity index is 1.99. The Kier molecular flexibility index (Phi) is 5.34. The monoisotopic (exact) mass is 393 g/mol. The van der Waals surface area contributed by atoms with Gasteiger partial charge in [-0.2, -0.15) is 0 Å². The predicted molar refractivity (Wildman–Crippen MR) is 105 cm³/mol. The van der Waals surface area contributed by atoms with Crippen molar-refractivity contribution in [2.75, 3.05) is 0 Å². The number of nitrogens with zero attached hydrogens (tertiary/aromatic N) is 2. The van der Waals surface area contributed by atoms with E-state index in [0.717, 1.165) is 0 Å². The van der Waals surface area contributed by atoms with Gasteiger partial charge in [0, 0.05) is 17.0 Å². The van der Waals surface area contributed by atoms with Crippen LogP contribution in [-0.4, -0.2) is 15.4 Å². The standard InChI is InChI=1S/C19H18ClF2N3S/c1-11-9-19(2,25-18(23)26-11)14-7-12(3-5-15(14)21)8-16(22)17-6-4-13(20)10-24-17/h3-8,10-11H,9H2,1-2H3,(H2,23,25)/b16-8-/t11-,19+/m1/s1. The number of aliphatic imine (C=N–C) groups is 1. The maximum Gasteiger partial charge on any atom is 0.155 e. The average Bonchev–Trinajstić information content (AvgIpc) is 2.55. The third-order valence-electron chi connectivity index (χ3n) is 4.20. The van der Waals surface area contributed by atoms with Gasteiger partial charge in [-0.15, -0.1) is 0 Å². The number of aromatic nitrogens is 1. The molecule has 0 spiro atoms. The number of benzene rings is 1. The lowest BCUT2D eigenvalue weighted by atomic mass is 9.86. The molecule has 1 aromatic carbocycles. The van der Waals surface area contributed by atoms with Crippen molar-refractivity contribution in [3.05, 3.63) is 64.2 Å². The molecule has 0 saturated heterocycles. The summed E-state index contributed by atoms with van der Waals surface area (Å²) < 4.78 is 29.0.